The number of hydrogen-bond acceptors (Lipinski definition) is 3. The second-order valence-corrected chi connectivity index (χ2v) is 5.45. The second kappa shape index (κ2) is 6.08. The molecular weight excluding hydrogens is 288 g/mol. The molecule has 0 atom stereocenters. The fourth-order valence-electron chi connectivity index (χ4n) is 2.68. The van der Waals surface area contributed by atoms with E-state index < -0.39 is 5.97 Å². The molecule has 0 spiro atoms. The minimum atomic E-state index is -0.394. The molecule has 0 bridgehead atoms. The first-order valence-corrected chi connectivity index (χ1v) is 7.41. The highest BCUT2D eigenvalue weighted by atomic mass is 16.5. The molecule has 0 aliphatic heterocycles. The predicted octanol–water partition coefficient (Wildman–Crippen LogP) is 4.32. The number of nitrogens with zero attached hydrogens (tertiary/aromatic N) is 1. The molecule has 0 aliphatic carbocycles. The van der Waals surface area contributed by atoms with E-state index in [4.69, 9.17) is 4.74 Å². The molecule has 116 valence electrons. The van der Waals surface area contributed by atoms with Gasteiger partial charge in [0.25, 0.3) is 0 Å². The normalized spacial score (nSPS) is 11.3. The molecule has 1 heterocycles. The van der Waals surface area contributed by atoms with Crippen LogP contribution in [0.15, 0.2) is 47.5 Å². The summed E-state index contributed by atoms with van der Waals surface area (Å²) >= 11 is 0. The van der Waals surface area contributed by atoms with Gasteiger partial charge in [-0.05, 0) is 37.1 Å². The number of aryl methyl sites for hydroxylation is 2. The van der Waals surface area contributed by atoms with Gasteiger partial charge in [-0.3, -0.25) is 4.99 Å². The van der Waals surface area contributed by atoms with Gasteiger partial charge >= 0.3 is 5.97 Å². The minimum absolute atomic E-state index is 0.394. The SMILES string of the molecule is COC(=O)c1[nH]c2c(C)ccc(C)c2c1C=Nc1ccccc1. The Morgan fingerprint density at radius 2 is 1.78 bits per heavy atom. The molecular formula is C19H18N2O2. The Labute approximate surface area is 134 Å². The molecule has 0 radical (unpaired) electrons. The monoisotopic (exact) mass is 306 g/mol. The van der Waals surface area contributed by atoms with Crippen molar-refractivity contribution in [3.8, 4) is 0 Å². The maximum Gasteiger partial charge on any atom is 0.355 e. The largest absolute Gasteiger partial charge is 0.464 e. The van der Waals surface area contributed by atoms with E-state index in [1.54, 1.807) is 6.21 Å². The Hall–Kier alpha value is -2.88. The zero-order valence-electron chi connectivity index (χ0n) is 13.4. The Balaban J connectivity index is 2.22. The number of esters is 1. The lowest BCUT2D eigenvalue weighted by Crippen LogP contribution is -2.04. The smallest absolute Gasteiger partial charge is 0.355 e. The van der Waals surface area contributed by atoms with Gasteiger partial charge in [0.15, 0.2) is 0 Å². The minimum Gasteiger partial charge on any atom is -0.464 e. The Morgan fingerprint density at radius 1 is 1.09 bits per heavy atom. The third-order valence-electron chi connectivity index (χ3n) is 3.90. The molecule has 0 aliphatic rings. The van der Waals surface area contributed by atoms with Crippen molar-refractivity contribution in [2.24, 2.45) is 4.99 Å². The summed E-state index contributed by atoms with van der Waals surface area (Å²) in [6.45, 7) is 4.04. The van der Waals surface area contributed by atoms with Gasteiger partial charge in [0.1, 0.15) is 5.69 Å². The fraction of sp³-hybridized carbons (Fsp3) is 0.158. The molecule has 4 nitrogen and oxygen atoms in total. The molecule has 1 aromatic heterocycles. The van der Waals surface area contributed by atoms with Crippen LogP contribution in [-0.2, 0) is 4.74 Å². The van der Waals surface area contributed by atoms with E-state index in [9.17, 15) is 4.79 Å². The molecule has 0 amide bonds. The van der Waals surface area contributed by atoms with Crippen LogP contribution in [0.25, 0.3) is 10.9 Å². The van der Waals surface area contributed by atoms with Crippen LogP contribution < -0.4 is 0 Å². The summed E-state index contributed by atoms with van der Waals surface area (Å²) in [5.74, 6) is -0.394. The van der Waals surface area contributed by atoms with Crippen LogP contribution in [0.2, 0.25) is 0 Å². The van der Waals surface area contributed by atoms with E-state index in [1.807, 2.05) is 56.3 Å². The highest BCUT2D eigenvalue weighted by molar-refractivity contribution is 6.11. The van der Waals surface area contributed by atoms with Crippen LogP contribution in [-0.4, -0.2) is 24.3 Å². The van der Waals surface area contributed by atoms with Crippen molar-refractivity contribution in [3.63, 3.8) is 0 Å². The summed E-state index contributed by atoms with van der Waals surface area (Å²) < 4.78 is 4.91. The van der Waals surface area contributed by atoms with E-state index >= 15 is 0 Å². The molecule has 23 heavy (non-hydrogen) atoms. The van der Waals surface area contributed by atoms with E-state index in [0.29, 0.717) is 5.69 Å². The Kier molecular flexibility index (Phi) is 3.98. The molecule has 2 aromatic carbocycles. The second-order valence-electron chi connectivity index (χ2n) is 5.45. The van der Waals surface area contributed by atoms with Crippen LogP contribution in [0, 0.1) is 13.8 Å². The van der Waals surface area contributed by atoms with Crippen molar-refractivity contribution >= 4 is 28.8 Å². The zero-order chi connectivity index (χ0) is 16.4. The highest BCUT2D eigenvalue weighted by Crippen LogP contribution is 2.28. The number of aromatic amines is 1. The van der Waals surface area contributed by atoms with Crippen molar-refractivity contribution in [3.05, 3.63) is 64.8 Å². The van der Waals surface area contributed by atoms with Crippen molar-refractivity contribution in [1.82, 2.24) is 4.98 Å². The molecule has 0 saturated carbocycles. The fourth-order valence-corrected chi connectivity index (χ4v) is 2.68. The number of ether oxygens (including phenoxy) is 1. The van der Waals surface area contributed by atoms with Crippen LogP contribution in [0.3, 0.4) is 0 Å². The van der Waals surface area contributed by atoms with Gasteiger partial charge in [-0.2, -0.15) is 0 Å². The number of fused-ring (bicyclic) bond motifs is 1. The third kappa shape index (κ3) is 2.75. The van der Waals surface area contributed by atoms with E-state index in [1.165, 1.54) is 7.11 Å². The lowest BCUT2D eigenvalue weighted by molar-refractivity contribution is 0.0595. The van der Waals surface area contributed by atoms with Crippen molar-refractivity contribution < 1.29 is 9.53 Å². The first-order valence-electron chi connectivity index (χ1n) is 7.41. The van der Waals surface area contributed by atoms with Crippen LogP contribution in [0.4, 0.5) is 5.69 Å². The Morgan fingerprint density at radius 3 is 2.48 bits per heavy atom. The lowest BCUT2D eigenvalue weighted by Gasteiger charge is -2.01. The molecule has 3 rings (SSSR count). The maximum absolute atomic E-state index is 12.1. The van der Waals surface area contributed by atoms with Gasteiger partial charge < -0.3 is 9.72 Å². The third-order valence-corrected chi connectivity index (χ3v) is 3.90. The van der Waals surface area contributed by atoms with Crippen LogP contribution in [0.1, 0.15) is 27.2 Å². The van der Waals surface area contributed by atoms with E-state index in [-0.39, 0.29) is 0 Å². The number of aliphatic imine (C=N–C) groups is 1. The highest BCUT2D eigenvalue weighted by Gasteiger charge is 2.19. The average Bonchev–Trinajstić information content (AvgIpc) is 2.97. The summed E-state index contributed by atoms with van der Waals surface area (Å²) in [7, 11) is 1.38. The topological polar surface area (TPSA) is 54.5 Å². The lowest BCUT2D eigenvalue weighted by atomic mass is 10.0. The standard InChI is InChI=1S/C19H18N2O2/c1-12-9-10-13(2)17-16(12)15(18(21-17)19(22)23-3)11-20-14-7-5-4-6-8-14/h4-11,21H,1-3H3. The molecule has 4 heteroatoms. The number of aromatic nitrogens is 1. The van der Waals surface area contributed by atoms with Crippen molar-refractivity contribution in [2.75, 3.05) is 7.11 Å². The zero-order valence-corrected chi connectivity index (χ0v) is 13.4. The van der Waals surface area contributed by atoms with Gasteiger partial charge in [0.05, 0.1) is 12.8 Å². The van der Waals surface area contributed by atoms with Crippen molar-refractivity contribution in [1.29, 1.82) is 0 Å². The first kappa shape index (κ1) is 15.0. The summed E-state index contributed by atoms with van der Waals surface area (Å²) in [4.78, 5) is 19.8. The number of carbonyl (C=O) groups excluding carboxylic acids is 1. The quantitative estimate of drug-likeness (QED) is 0.578. The summed E-state index contributed by atoms with van der Waals surface area (Å²) in [5.41, 5.74) is 5.14. The summed E-state index contributed by atoms with van der Waals surface area (Å²) in [6.07, 6.45) is 1.73. The van der Waals surface area contributed by atoms with Gasteiger partial charge in [-0.15, -0.1) is 0 Å². The number of hydrogen-bond donors (Lipinski definition) is 1. The molecule has 0 fully saturated rings. The van der Waals surface area contributed by atoms with Gasteiger partial charge in [0.2, 0.25) is 0 Å². The number of para-hydroxylation sites is 1. The van der Waals surface area contributed by atoms with Gasteiger partial charge in [-0.25, -0.2) is 4.79 Å². The van der Waals surface area contributed by atoms with Crippen LogP contribution >= 0.6 is 0 Å². The molecule has 3 aromatic rings. The number of H-pyrrole nitrogens is 1. The van der Waals surface area contributed by atoms with E-state index in [0.717, 1.165) is 33.3 Å². The number of benzene rings is 2. The van der Waals surface area contributed by atoms with Gasteiger partial charge in [0, 0.05) is 22.7 Å². The summed E-state index contributed by atoms with van der Waals surface area (Å²) in [5, 5.41) is 1.00. The number of carbonyl (C=O) groups is 1. The number of methoxy groups -OCH3 is 1. The van der Waals surface area contributed by atoms with Crippen LogP contribution in [0.5, 0.6) is 0 Å². The number of nitrogens with one attached hydrogen (secondary N) is 1. The average molecular weight is 306 g/mol. The Bertz CT molecular complexity index is 893. The predicted molar refractivity (Wildman–Crippen MR) is 92.8 cm³/mol. The van der Waals surface area contributed by atoms with Gasteiger partial charge in [-0.1, -0.05) is 30.3 Å². The first-order chi connectivity index (χ1) is 11.1. The van der Waals surface area contributed by atoms with Crippen molar-refractivity contribution in [2.45, 2.75) is 13.8 Å². The molecule has 0 saturated heterocycles. The number of rotatable bonds is 3. The maximum atomic E-state index is 12.1. The molecule has 1 N–H and O–H groups in total. The molecule has 0 unspecified atom stereocenters. The summed E-state index contributed by atoms with van der Waals surface area (Å²) in [6, 6.07) is 13.7. The van der Waals surface area contributed by atoms with E-state index in [2.05, 4.69) is 9.98 Å².